The largest absolute Gasteiger partial charge is 0.288 e. The van der Waals surface area contributed by atoms with Gasteiger partial charge in [-0.25, -0.2) is 9.87 Å². The van der Waals surface area contributed by atoms with Crippen LogP contribution in [0.2, 0.25) is 0 Å². The van der Waals surface area contributed by atoms with Crippen molar-refractivity contribution in [1.29, 1.82) is 0 Å². The first kappa shape index (κ1) is 16.1. The van der Waals surface area contributed by atoms with E-state index in [1.807, 2.05) is 0 Å². The Morgan fingerprint density at radius 1 is 1.30 bits per heavy atom. The van der Waals surface area contributed by atoms with Gasteiger partial charge in [-0.05, 0) is 75.0 Å². The lowest BCUT2D eigenvalue weighted by Gasteiger charge is -2.25. The molecule has 2 aliphatic rings. The summed E-state index contributed by atoms with van der Waals surface area (Å²) in [4.78, 5) is 16.2. The molecule has 0 radical (unpaired) electrons. The average molecular weight is 318 g/mol. The van der Waals surface area contributed by atoms with E-state index >= 15 is 0 Å². The minimum absolute atomic E-state index is 0.484. The van der Waals surface area contributed by atoms with E-state index < -0.39 is 12.1 Å². The first-order valence-electron chi connectivity index (χ1n) is 8.43. The van der Waals surface area contributed by atoms with Crippen molar-refractivity contribution in [2.24, 2.45) is 5.92 Å². The number of aromatic nitrogens is 1. The lowest BCUT2D eigenvalue weighted by molar-refractivity contribution is 0.0705. The molecule has 1 aromatic rings. The van der Waals surface area contributed by atoms with Crippen molar-refractivity contribution in [2.75, 3.05) is 0 Å². The second-order valence-electron chi connectivity index (χ2n) is 6.64. The number of alkyl halides is 1. The number of carbonyl (C=O) groups excluding carboxylic acids is 1. The number of nitrogens with one attached hydrogen (secondary N) is 1. The molecule has 0 bridgehead atoms. The molecule has 23 heavy (non-hydrogen) atoms. The minimum atomic E-state index is -0.615. The SMILES string of the molecule is O=C(NO)c1ccnc2c1CCCC(CC1CCC(F)CC1)=C2. The lowest BCUT2D eigenvalue weighted by Crippen LogP contribution is -2.21. The van der Waals surface area contributed by atoms with Crippen LogP contribution in [0.1, 0.15) is 66.6 Å². The molecule has 124 valence electrons. The van der Waals surface area contributed by atoms with Crippen molar-refractivity contribution in [3.63, 3.8) is 0 Å². The van der Waals surface area contributed by atoms with Gasteiger partial charge in [-0.15, -0.1) is 0 Å². The number of hydrogen-bond acceptors (Lipinski definition) is 3. The molecule has 5 heteroatoms. The van der Waals surface area contributed by atoms with Gasteiger partial charge in [-0.1, -0.05) is 5.57 Å². The normalized spacial score (nSPS) is 24.3. The number of hydroxylamine groups is 1. The molecule has 1 fully saturated rings. The van der Waals surface area contributed by atoms with E-state index in [1.165, 1.54) is 5.57 Å². The summed E-state index contributed by atoms with van der Waals surface area (Å²) in [5.74, 6) is 0.0838. The molecule has 0 spiro atoms. The maximum absolute atomic E-state index is 13.3. The van der Waals surface area contributed by atoms with Gasteiger partial charge in [0.05, 0.1) is 5.69 Å². The van der Waals surface area contributed by atoms with Crippen LogP contribution in [-0.2, 0) is 6.42 Å². The molecule has 0 aliphatic heterocycles. The summed E-state index contributed by atoms with van der Waals surface area (Å²) in [5.41, 5.74) is 5.29. The Morgan fingerprint density at radius 3 is 2.83 bits per heavy atom. The molecule has 0 atom stereocenters. The highest BCUT2D eigenvalue weighted by atomic mass is 19.1. The van der Waals surface area contributed by atoms with E-state index in [2.05, 4.69) is 11.1 Å². The number of nitrogens with zero attached hydrogens (tertiary/aromatic N) is 1. The van der Waals surface area contributed by atoms with Gasteiger partial charge in [0.15, 0.2) is 0 Å². The van der Waals surface area contributed by atoms with Gasteiger partial charge < -0.3 is 0 Å². The van der Waals surface area contributed by atoms with Crippen molar-refractivity contribution in [3.8, 4) is 0 Å². The van der Waals surface area contributed by atoms with Gasteiger partial charge >= 0.3 is 0 Å². The van der Waals surface area contributed by atoms with Crippen molar-refractivity contribution < 1.29 is 14.4 Å². The lowest BCUT2D eigenvalue weighted by atomic mass is 9.83. The van der Waals surface area contributed by atoms with E-state index in [-0.39, 0.29) is 0 Å². The number of rotatable bonds is 3. The van der Waals surface area contributed by atoms with Crippen molar-refractivity contribution in [3.05, 3.63) is 34.7 Å². The van der Waals surface area contributed by atoms with E-state index in [9.17, 15) is 9.18 Å². The number of pyridine rings is 1. The van der Waals surface area contributed by atoms with E-state index in [1.54, 1.807) is 17.7 Å². The van der Waals surface area contributed by atoms with Crippen LogP contribution in [0.5, 0.6) is 0 Å². The molecule has 1 heterocycles. The first-order valence-corrected chi connectivity index (χ1v) is 8.43. The summed E-state index contributed by atoms with van der Waals surface area (Å²) < 4.78 is 13.3. The van der Waals surface area contributed by atoms with Crippen LogP contribution < -0.4 is 5.48 Å². The molecule has 1 amide bonds. The molecular formula is C18H23FN2O2. The van der Waals surface area contributed by atoms with Crippen LogP contribution in [-0.4, -0.2) is 22.3 Å². The molecule has 0 unspecified atom stereocenters. The van der Waals surface area contributed by atoms with Crippen molar-refractivity contribution in [2.45, 2.75) is 57.5 Å². The van der Waals surface area contributed by atoms with Crippen LogP contribution >= 0.6 is 0 Å². The standard InChI is InChI=1S/C18H23FN2O2/c19-14-6-4-12(5-7-14)10-13-2-1-3-15-16(18(22)21-23)8-9-20-17(15)11-13/h8-9,11-12,14,23H,1-7,10H2,(H,21,22). The van der Waals surface area contributed by atoms with E-state index in [0.717, 1.165) is 49.8 Å². The molecule has 3 rings (SSSR count). The Kier molecular flexibility index (Phi) is 5.06. The van der Waals surface area contributed by atoms with Gasteiger partial charge in [-0.2, -0.15) is 0 Å². The fourth-order valence-electron chi connectivity index (χ4n) is 3.78. The van der Waals surface area contributed by atoms with Crippen LogP contribution in [0.3, 0.4) is 0 Å². The third kappa shape index (κ3) is 3.78. The monoisotopic (exact) mass is 318 g/mol. The van der Waals surface area contributed by atoms with Crippen LogP contribution in [0, 0.1) is 5.92 Å². The number of halogens is 1. The predicted molar refractivity (Wildman–Crippen MR) is 85.9 cm³/mol. The minimum Gasteiger partial charge on any atom is -0.288 e. The smallest absolute Gasteiger partial charge is 0.275 e. The topological polar surface area (TPSA) is 62.2 Å². The number of hydrogen-bond donors (Lipinski definition) is 2. The second-order valence-corrected chi connectivity index (χ2v) is 6.64. The molecule has 1 saturated carbocycles. The van der Waals surface area contributed by atoms with Gasteiger partial charge in [-0.3, -0.25) is 15.0 Å². The number of allylic oxidation sites excluding steroid dienone is 1. The Morgan fingerprint density at radius 2 is 2.09 bits per heavy atom. The van der Waals surface area contributed by atoms with Crippen molar-refractivity contribution >= 4 is 12.0 Å². The van der Waals surface area contributed by atoms with Gasteiger partial charge in [0, 0.05) is 11.8 Å². The van der Waals surface area contributed by atoms with Crippen molar-refractivity contribution in [1.82, 2.24) is 10.5 Å². The number of amides is 1. The Bertz CT molecular complexity index is 607. The fraction of sp³-hybridized carbons (Fsp3) is 0.556. The third-order valence-corrected chi connectivity index (χ3v) is 5.03. The molecule has 2 N–H and O–H groups in total. The first-order chi connectivity index (χ1) is 11.2. The summed E-state index contributed by atoms with van der Waals surface area (Å²) in [6.45, 7) is 0. The highest BCUT2D eigenvalue weighted by molar-refractivity contribution is 5.95. The Balaban J connectivity index is 1.79. The van der Waals surface area contributed by atoms with Gasteiger partial charge in [0.2, 0.25) is 0 Å². The maximum atomic E-state index is 13.3. The molecule has 2 aliphatic carbocycles. The summed E-state index contributed by atoms with van der Waals surface area (Å²) in [5, 5.41) is 8.88. The Labute approximate surface area is 135 Å². The summed E-state index contributed by atoms with van der Waals surface area (Å²) >= 11 is 0. The summed E-state index contributed by atoms with van der Waals surface area (Å²) in [6.07, 6.45) is 10.1. The van der Waals surface area contributed by atoms with E-state index in [4.69, 9.17) is 5.21 Å². The van der Waals surface area contributed by atoms with Crippen LogP contribution in [0.25, 0.3) is 6.08 Å². The summed E-state index contributed by atoms with van der Waals surface area (Å²) in [7, 11) is 0. The fourth-order valence-corrected chi connectivity index (χ4v) is 3.78. The zero-order valence-corrected chi connectivity index (χ0v) is 13.2. The highest BCUT2D eigenvalue weighted by Gasteiger charge is 2.23. The zero-order valence-electron chi connectivity index (χ0n) is 13.2. The Hall–Kier alpha value is -1.75. The van der Waals surface area contributed by atoms with Crippen LogP contribution in [0.15, 0.2) is 17.8 Å². The zero-order chi connectivity index (χ0) is 16.2. The number of fused-ring (bicyclic) bond motifs is 1. The molecular weight excluding hydrogens is 295 g/mol. The molecule has 1 aromatic heterocycles. The molecule has 0 aromatic carbocycles. The summed E-state index contributed by atoms with van der Waals surface area (Å²) in [6, 6.07) is 1.64. The van der Waals surface area contributed by atoms with Gasteiger partial charge in [0.1, 0.15) is 6.17 Å². The second kappa shape index (κ2) is 7.21. The molecule has 4 nitrogen and oxygen atoms in total. The van der Waals surface area contributed by atoms with Gasteiger partial charge in [0.25, 0.3) is 5.91 Å². The number of carbonyl (C=O) groups is 1. The predicted octanol–water partition coefficient (Wildman–Crippen LogP) is 3.84. The average Bonchev–Trinajstić information content (AvgIpc) is 2.77. The maximum Gasteiger partial charge on any atom is 0.275 e. The van der Waals surface area contributed by atoms with E-state index in [0.29, 0.717) is 24.3 Å². The highest BCUT2D eigenvalue weighted by Crippen LogP contribution is 2.34. The van der Waals surface area contributed by atoms with Crippen LogP contribution in [0.4, 0.5) is 4.39 Å². The third-order valence-electron chi connectivity index (χ3n) is 5.03. The molecule has 0 saturated heterocycles. The quantitative estimate of drug-likeness (QED) is 0.657.